The first kappa shape index (κ1) is 8.78. The van der Waals surface area contributed by atoms with Gasteiger partial charge >= 0.3 is 0 Å². The molecular weight excluding hydrogens is 253 g/mol. The number of rotatable bonds is 0. The third kappa shape index (κ3) is 1.62. The van der Waals surface area contributed by atoms with Crippen LogP contribution in [0.4, 0.5) is 0 Å². The van der Waals surface area contributed by atoms with E-state index in [2.05, 4.69) is 20.9 Å². The van der Waals surface area contributed by atoms with Crippen molar-refractivity contribution in [2.24, 2.45) is 0 Å². The van der Waals surface area contributed by atoms with Crippen LogP contribution in [0.15, 0.2) is 33.5 Å². The zero-order chi connectivity index (χ0) is 9.42. The van der Waals surface area contributed by atoms with Crippen LogP contribution in [0.3, 0.4) is 0 Å². The fourth-order valence-corrected chi connectivity index (χ4v) is 2.12. The predicted molar refractivity (Wildman–Crippen MR) is 57.3 cm³/mol. The summed E-state index contributed by atoms with van der Waals surface area (Å²) in [4.78, 5) is 13.7. The van der Waals surface area contributed by atoms with Gasteiger partial charge in [0.05, 0.1) is 5.52 Å². The molecule has 1 N–H and O–H groups in total. The summed E-state index contributed by atoms with van der Waals surface area (Å²) >= 11 is 9.17. The van der Waals surface area contributed by atoms with Gasteiger partial charge in [0.15, 0.2) is 0 Å². The smallest absolute Gasteiger partial charge is 0.248 e. The number of nitrogens with one attached hydrogen (secondary N) is 1. The van der Waals surface area contributed by atoms with Crippen LogP contribution in [0, 0.1) is 0 Å². The summed E-state index contributed by atoms with van der Waals surface area (Å²) < 4.78 is 0.799. The molecule has 4 heteroatoms. The molecule has 0 aliphatic rings. The monoisotopic (exact) mass is 257 g/mol. The Morgan fingerprint density at radius 3 is 2.85 bits per heavy atom. The van der Waals surface area contributed by atoms with Gasteiger partial charge in [-0.25, -0.2) is 0 Å². The van der Waals surface area contributed by atoms with Crippen LogP contribution < -0.4 is 5.56 Å². The van der Waals surface area contributed by atoms with Gasteiger partial charge < -0.3 is 4.98 Å². The van der Waals surface area contributed by atoms with Crippen LogP contribution >= 0.6 is 27.5 Å². The van der Waals surface area contributed by atoms with Crippen molar-refractivity contribution in [2.45, 2.75) is 0 Å². The van der Waals surface area contributed by atoms with Crippen molar-refractivity contribution in [3.63, 3.8) is 0 Å². The lowest BCUT2D eigenvalue weighted by Crippen LogP contribution is -2.02. The molecule has 2 nitrogen and oxygen atoms in total. The largest absolute Gasteiger partial charge is 0.321 e. The van der Waals surface area contributed by atoms with Gasteiger partial charge in [-0.3, -0.25) is 4.79 Å². The zero-order valence-corrected chi connectivity index (χ0v) is 8.82. The van der Waals surface area contributed by atoms with E-state index >= 15 is 0 Å². The Kier molecular flexibility index (Phi) is 2.14. The molecule has 0 spiro atoms. The summed E-state index contributed by atoms with van der Waals surface area (Å²) in [5.74, 6) is 0. The van der Waals surface area contributed by atoms with E-state index in [4.69, 9.17) is 11.6 Å². The molecule has 0 unspecified atom stereocenters. The number of halogens is 2. The molecule has 66 valence electrons. The highest BCUT2D eigenvalue weighted by molar-refractivity contribution is 9.10. The Morgan fingerprint density at radius 2 is 2.08 bits per heavy atom. The van der Waals surface area contributed by atoms with Crippen LogP contribution in [-0.2, 0) is 0 Å². The minimum absolute atomic E-state index is 0.115. The van der Waals surface area contributed by atoms with Crippen LogP contribution in [0.25, 0.3) is 10.9 Å². The van der Waals surface area contributed by atoms with Crippen LogP contribution in [0.5, 0.6) is 0 Å². The van der Waals surface area contributed by atoms with Gasteiger partial charge in [-0.1, -0.05) is 11.6 Å². The van der Waals surface area contributed by atoms with E-state index in [1.165, 1.54) is 6.07 Å². The van der Waals surface area contributed by atoms with Gasteiger partial charge in [0.1, 0.15) is 0 Å². The van der Waals surface area contributed by atoms with Gasteiger partial charge in [-0.05, 0) is 34.1 Å². The van der Waals surface area contributed by atoms with E-state index in [1.807, 2.05) is 0 Å². The van der Waals surface area contributed by atoms with Crippen molar-refractivity contribution in [3.05, 3.63) is 44.1 Å². The molecule has 0 saturated carbocycles. The molecule has 0 amide bonds. The first-order chi connectivity index (χ1) is 6.16. The average molecular weight is 259 g/mol. The molecule has 1 aromatic heterocycles. The minimum atomic E-state index is -0.115. The number of fused-ring (bicyclic) bond motifs is 1. The Labute approximate surface area is 87.7 Å². The van der Waals surface area contributed by atoms with Gasteiger partial charge in [0.2, 0.25) is 5.56 Å². The Morgan fingerprint density at radius 1 is 1.31 bits per heavy atom. The molecule has 0 bridgehead atoms. The highest BCUT2D eigenvalue weighted by atomic mass is 79.9. The molecule has 0 atom stereocenters. The standard InChI is InChI=1S/C9H5BrClNO/c10-7-4-6(11)3-5-1-2-8(13)12-9(5)7/h1-4H,(H,12,13). The van der Waals surface area contributed by atoms with E-state index < -0.39 is 0 Å². The number of pyridine rings is 1. The maximum Gasteiger partial charge on any atom is 0.248 e. The van der Waals surface area contributed by atoms with Crippen molar-refractivity contribution in [1.82, 2.24) is 4.98 Å². The molecule has 0 radical (unpaired) electrons. The van der Waals surface area contributed by atoms with Gasteiger partial charge in [0, 0.05) is 20.9 Å². The number of aromatic nitrogens is 1. The molecule has 1 heterocycles. The maximum atomic E-state index is 11.0. The van der Waals surface area contributed by atoms with Crippen LogP contribution in [0.1, 0.15) is 0 Å². The van der Waals surface area contributed by atoms with E-state index in [0.717, 1.165) is 15.4 Å². The number of benzene rings is 1. The summed E-state index contributed by atoms with van der Waals surface area (Å²) in [6.45, 7) is 0. The molecule has 2 aromatic rings. The summed E-state index contributed by atoms with van der Waals surface area (Å²) in [5.41, 5.74) is 0.660. The minimum Gasteiger partial charge on any atom is -0.321 e. The second-order valence-corrected chi connectivity index (χ2v) is 3.97. The quantitative estimate of drug-likeness (QED) is 0.774. The second kappa shape index (κ2) is 3.16. The predicted octanol–water partition coefficient (Wildman–Crippen LogP) is 2.94. The first-order valence-electron chi connectivity index (χ1n) is 3.65. The summed E-state index contributed by atoms with van der Waals surface area (Å²) in [5, 5.41) is 1.56. The van der Waals surface area contributed by atoms with E-state index in [1.54, 1.807) is 18.2 Å². The highest BCUT2D eigenvalue weighted by Crippen LogP contribution is 2.25. The third-order valence-corrected chi connectivity index (χ3v) is 2.59. The number of H-pyrrole nitrogens is 1. The Bertz CT molecular complexity index is 520. The second-order valence-electron chi connectivity index (χ2n) is 2.67. The molecule has 0 saturated heterocycles. The topological polar surface area (TPSA) is 32.9 Å². The van der Waals surface area contributed by atoms with Crippen molar-refractivity contribution >= 4 is 38.4 Å². The lowest BCUT2D eigenvalue weighted by Gasteiger charge is -2.00. The van der Waals surface area contributed by atoms with E-state index in [0.29, 0.717) is 5.02 Å². The lowest BCUT2D eigenvalue weighted by atomic mass is 10.2. The highest BCUT2D eigenvalue weighted by Gasteiger charge is 2.00. The number of aromatic amines is 1. The molecule has 1 aromatic carbocycles. The van der Waals surface area contributed by atoms with E-state index in [9.17, 15) is 4.79 Å². The fourth-order valence-electron chi connectivity index (χ4n) is 1.19. The van der Waals surface area contributed by atoms with Gasteiger partial charge in [-0.2, -0.15) is 0 Å². The van der Waals surface area contributed by atoms with E-state index in [-0.39, 0.29) is 5.56 Å². The zero-order valence-electron chi connectivity index (χ0n) is 6.47. The van der Waals surface area contributed by atoms with Crippen molar-refractivity contribution in [3.8, 4) is 0 Å². The Balaban J connectivity index is 2.95. The lowest BCUT2D eigenvalue weighted by molar-refractivity contribution is 1.30. The molecule has 2 rings (SSSR count). The fraction of sp³-hybridized carbons (Fsp3) is 0. The molecule has 13 heavy (non-hydrogen) atoms. The molecular formula is C9H5BrClNO. The third-order valence-electron chi connectivity index (χ3n) is 1.75. The summed E-state index contributed by atoms with van der Waals surface area (Å²) in [6, 6.07) is 6.77. The number of hydrogen-bond acceptors (Lipinski definition) is 1. The first-order valence-corrected chi connectivity index (χ1v) is 4.82. The van der Waals surface area contributed by atoms with Crippen molar-refractivity contribution in [1.29, 1.82) is 0 Å². The van der Waals surface area contributed by atoms with Crippen LogP contribution in [-0.4, -0.2) is 4.98 Å². The van der Waals surface area contributed by atoms with Crippen molar-refractivity contribution in [2.75, 3.05) is 0 Å². The molecule has 0 aliphatic heterocycles. The molecule has 0 fully saturated rings. The van der Waals surface area contributed by atoms with Gasteiger partial charge in [-0.15, -0.1) is 0 Å². The molecule has 0 aliphatic carbocycles. The van der Waals surface area contributed by atoms with Gasteiger partial charge in [0.25, 0.3) is 0 Å². The summed E-state index contributed by atoms with van der Waals surface area (Å²) in [7, 11) is 0. The van der Waals surface area contributed by atoms with Crippen LogP contribution in [0.2, 0.25) is 5.02 Å². The number of hydrogen-bond donors (Lipinski definition) is 1. The SMILES string of the molecule is O=c1ccc2cc(Cl)cc(Br)c2[nH]1. The summed E-state index contributed by atoms with van der Waals surface area (Å²) in [6.07, 6.45) is 0. The Hall–Kier alpha value is -0.800. The van der Waals surface area contributed by atoms with Crippen molar-refractivity contribution < 1.29 is 0 Å². The maximum absolute atomic E-state index is 11.0. The average Bonchev–Trinajstić information content (AvgIpc) is 2.06. The normalized spacial score (nSPS) is 10.6.